The van der Waals surface area contributed by atoms with Gasteiger partial charge in [-0.25, -0.2) is 0 Å². The Morgan fingerprint density at radius 3 is 2.78 bits per heavy atom. The van der Waals surface area contributed by atoms with Crippen LogP contribution in [0.4, 0.5) is 0 Å². The standard InChI is InChI=1S/C14H21ClN2O/c1-18-14-5-4-12(15)8-11(14)9-13(16)10-17-6-2-3-7-17/h4-5,8,13H,2-3,6-7,9-10,16H2,1H3. The average molecular weight is 269 g/mol. The van der Waals surface area contributed by atoms with Gasteiger partial charge in [0.1, 0.15) is 5.75 Å². The van der Waals surface area contributed by atoms with E-state index in [2.05, 4.69) is 4.90 Å². The Morgan fingerprint density at radius 2 is 2.11 bits per heavy atom. The Hall–Kier alpha value is -0.770. The van der Waals surface area contributed by atoms with Crippen LogP contribution in [-0.2, 0) is 6.42 Å². The maximum atomic E-state index is 6.22. The molecule has 1 aromatic rings. The summed E-state index contributed by atoms with van der Waals surface area (Å²) in [5.41, 5.74) is 7.31. The highest BCUT2D eigenvalue weighted by Gasteiger charge is 2.16. The molecule has 4 heteroatoms. The molecule has 0 amide bonds. The molecule has 1 unspecified atom stereocenters. The van der Waals surface area contributed by atoms with Crippen molar-refractivity contribution in [3.63, 3.8) is 0 Å². The lowest BCUT2D eigenvalue weighted by Crippen LogP contribution is -2.37. The van der Waals surface area contributed by atoms with Gasteiger partial charge in [0.25, 0.3) is 0 Å². The molecule has 1 fully saturated rings. The van der Waals surface area contributed by atoms with Gasteiger partial charge in [-0.3, -0.25) is 0 Å². The minimum atomic E-state index is 0.135. The monoisotopic (exact) mass is 268 g/mol. The number of halogens is 1. The topological polar surface area (TPSA) is 38.5 Å². The lowest BCUT2D eigenvalue weighted by molar-refractivity contribution is 0.311. The van der Waals surface area contributed by atoms with Crippen LogP contribution in [0.25, 0.3) is 0 Å². The van der Waals surface area contributed by atoms with Crippen molar-refractivity contribution < 1.29 is 4.74 Å². The Morgan fingerprint density at radius 1 is 1.39 bits per heavy atom. The molecule has 18 heavy (non-hydrogen) atoms. The summed E-state index contributed by atoms with van der Waals surface area (Å²) in [5, 5.41) is 0.735. The van der Waals surface area contributed by atoms with E-state index in [1.165, 1.54) is 25.9 Å². The molecule has 1 saturated heterocycles. The highest BCUT2D eigenvalue weighted by molar-refractivity contribution is 6.30. The molecular formula is C14H21ClN2O. The molecule has 0 bridgehead atoms. The van der Waals surface area contributed by atoms with Crippen LogP contribution >= 0.6 is 11.6 Å². The highest BCUT2D eigenvalue weighted by Crippen LogP contribution is 2.24. The third kappa shape index (κ3) is 3.61. The lowest BCUT2D eigenvalue weighted by atomic mass is 10.1. The molecule has 1 heterocycles. The fourth-order valence-corrected chi connectivity index (χ4v) is 2.75. The zero-order chi connectivity index (χ0) is 13.0. The third-order valence-electron chi connectivity index (χ3n) is 3.42. The Labute approximate surface area is 114 Å². The fourth-order valence-electron chi connectivity index (χ4n) is 2.55. The summed E-state index contributed by atoms with van der Waals surface area (Å²) in [5.74, 6) is 0.872. The van der Waals surface area contributed by atoms with E-state index in [4.69, 9.17) is 22.1 Å². The zero-order valence-corrected chi connectivity index (χ0v) is 11.6. The van der Waals surface area contributed by atoms with Crippen molar-refractivity contribution in [2.45, 2.75) is 25.3 Å². The van der Waals surface area contributed by atoms with Crippen molar-refractivity contribution in [3.8, 4) is 5.75 Å². The number of rotatable bonds is 5. The van der Waals surface area contributed by atoms with Gasteiger partial charge in [-0.1, -0.05) is 11.6 Å². The molecule has 2 rings (SSSR count). The second-order valence-corrected chi connectivity index (χ2v) is 5.36. The van der Waals surface area contributed by atoms with Crippen molar-refractivity contribution in [2.24, 2.45) is 5.73 Å². The molecule has 0 spiro atoms. The number of hydrogen-bond donors (Lipinski definition) is 1. The van der Waals surface area contributed by atoms with E-state index in [0.29, 0.717) is 0 Å². The highest BCUT2D eigenvalue weighted by atomic mass is 35.5. The number of benzene rings is 1. The summed E-state index contributed by atoms with van der Waals surface area (Å²) in [6, 6.07) is 5.83. The molecule has 1 aliphatic heterocycles. The summed E-state index contributed by atoms with van der Waals surface area (Å²) < 4.78 is 5.34. The SMILES string of the molecule is COc1ccc(Cl)cc1CC(N)CN1CCCC1. The van der Waals surface area contributed by atoms with Crippen LogP contribution in [0.2, 0.25) is 5.02 Å². The van der Waals surface area contributed by atoms with Gasteiger partial charge >= 0.3 is 0 Å². The first-order chi connectivity index (χ1) is 8.69. The van der Waals surface area contributed by atoms with E-state index in [-0.39, 0.29) is 6.04 Å². The summed E-state index contributed by atoms with van der Waals surface area (Å²) in [6.07, 6.45) is 3.40. The average Bonchev–Trinajstić information content (AvgIpc) is 2.82. The van der Waals surface area contributed by atoms with Gasteiger partial charge in [0.15, 0.2) is 0 Å². The van der Waals surface area contributed by atoms with E-state index in [9.17, 15) is 0 Å². The van der Waals surface area contributed by atoms with E-state index in [1.807, 2.05) is 18.2 Å². The zero-order valence-electron chi connectivity index (χ0n) is 10.9. The summed E-state index contributed by atoms with van der Waals surface area (Å²) in [4.78, 5) is 2.43. The van der Waals surface area contributed by atoms with Crippen molar-refractivity contribution >= 4 is 11.6 Å². The summed E-state index contributed by atoms with van der Waals surface area (Å²) in [6.45, 7) is 3.32. The number of nitrogens with two attached hydrogens (primary N) is 1. The normalized spacial score (nSPS) is 17.9. The van der Waals surface area contributed by atoms with E-state index >= 15 is 0 Å². The van der Waals surface area contributed by atoms with Gasteiger partial charge in [-0.2, -0.15) is 0 Å². The predicted octanol–water partition coefficient (Wildman–Crippen LogP) is 2.31. The smallest absolute Gasteiger partial charge is 0.122 e. The maximum absolute atomic E-state index is 6.22. The van der Waals surface area contributed by atoms with E-state index in [0.717, 1.165) is 29.3 Å². The first-order valence-electron chi connectivity index (χ1n) is 6.49. The molecule has 0 aromatic heterocycles. The quantitative estimate of drug-likeness (QED) is 0.891. The van der Waals surface area contributed by atoms with Crippen LogP contribution in [0, 0.1) is 0 Å². The van der Waals surface area contributed by atoms with Crippen molar-refractivity contribution in [1.82, 2.24) is 4.90 Å². The molecule has 1 atom stereocenters. The van der Waals surface area contributed by atoms with E-state index < -0.39 is 0 Å². The van der Waals surface area contributed by atoms with Crippen LogP contribution in [0.1, 0.15) is 18.4 Å². The van der Waals surface area contributed by atoms with Crippen molar-refractivity contribution in [3.05, 3.63) is 28.8 Å². The van der Waals surface area contributed by atoms with Gasteiger partial charge in [-0.15, -0.1) is 0 Å². The van der Waals surface area contributed by atoms with Crippen LogP contribution in [0.3, 0.4) is 0 Å². The molecule has 1 aromatic carbocycles. The van der Waals surface area contributed by atoms with Gasteiger partial charge in [-0.05, 0) is 56.1 Å². The van der Waals surface area contributed by atoms with Crippen LogP contribution in [-0.4, -0.2) is 37.7 Å². The summed E-state index contributed by atoms with van der Waals surface area (Å²) >= 11 is 6.02. The second-order valence-electron chi connectivity index (χ2n) is 4.93. The Bertz CT molecular complexity index is 391. The van der Waals surface area contributed by atoms with Crippen molar-refractivity contribution in [2.75, 3.05) is 26.7 Å². The third-order valence-corrected chi connectivity index (χ3v) is 3.65. The minimum absolute atomic E-state index is 0.135. The number of likely N-dealkylation sites (tertiary alicyclic amines) is 1. The first-order valence-corrected chi connectivity index (χ1v) is 6.87. The molecule has 0 saturated carbocycles. The predicted molar refractivity (Wildman–Crippen MR) is 75.4 cm³/mol. The molecule has 3 nitrogen and oxygen atoms in total. The second kappa shape index (κ2) is 6.41. The maximum Gasteiger partial charge on any atom is 0.122 e. The minimum Gasteiger partial charge on any atom is -0.496 e. The molecule has 0 radical (unpaired) electrons. The fraction of sp³-hybridized carbons (Fsp3) is 0.571. The van der Waals surface area contributed by atoms with Crippen LogP contribution in [0.5, 0.6) is 5.75 Å². The number of methoxy groups -OCH3 is 1. The van der Waals surface area contributed by atoms with Gasteiger partial charge < -0.3 is 15.4 Å². The number of hydrogen-bond acceptors (Lipinski definition) is 3. The van der Waals surface area contributed by atoms with Crippen LogP contribution in [0.15, 0.2) is 18.2 Å². The molecule has 0 aliphatic carbocycles. The van der Waals surface area contributed by atoms with E-state index in [1.54, 1.807) is 7.11 Å². The summed E-state index contributed by atoms with van der Waals surface area (Å²) in [7, 11) is 1.68. The largest absolute Gasteiger partial charge is 0.496 e. The van der Waals surface area contributed by atoms with Gasteiger partial charge in [0.05, 0.1) is 7.11 Å². The molecule has 100 valence electrons. The molecular weight excluding hydrogens is 248 g/mol. The Balaban J connectivity index is 1.96. The van der Waals surface area contributed by atoms with Crippen LogP contribution < -0.4 is 10.5 Å². The first kappa shape index (κ1) is 13.7. The van der Waals surface area contributed by atoms with Gasteiger partial charge in [0, 0.05) is 17.6 Å². The van der Waals surface area contributed by atoms with Crippen molar-refractivity contribution in [1.29, 1.82) is 0 Å². The Kier molecular flexibility index (Phi) is 4.87. The molecule has 2 N–H and O–H groups in total. The molecule has 1 aliphatic rings. The lowest BCUT2D eigenvalue weighted by Gasteiger charge is -2.21. The number of ether oxygens (including phenoxy) is 1. The number of nitrogens with zero attached hydrogens (tertiary/aromatic N) is 1. The van der Waals surface area contributed by atoms with Gasteiger partial charge in [0.2, 0.25) is 0 Å².